The molecule has 0 heterocycles. The topological polar surface area (TPSA) is 37.3 Å². The second-order valence-electron chi connectivity index (χ2n) is 4.36. The van der Waals surface area contributed by atoms with E-state index in [2.05, 4.69) is 0 Å². The molecule has 2 bridgehead atoms. The zero-order valence-electron chi connectivity index (χ0n) is 7.77. The minimum absolute atomic E-state index is 0.130. The largest absolute Gasteiger partial charge is 0.481 e. The van der Waals surface area contributed by atoms with Gasteiger partial charge in [-0.2, -0.15) is 17.6 Å². The van der Waals surface area contributed by atoms with Crippen LogP contribution in [0.15, 0.2) is 0 Å². The van der Waals surface area contributed by atoms with Gasteiger partial charge < -0.3 is 5.11 Å². The van der Waals surface area contributed by atoms with Crippen molar-refractivity contribution < 1.29 is 27.5 Å². The molecule has 15 heavy (non-hydrogen) atoms. The van der Waals surface area contributed by atoms with Crippen LogP contribution < -0.4 is 0 Å². The predicted molar refractivity (Wildman–Crippen MR) is 41.9 cm³/mol. The molecule has 86 valence electrons. The Bertz CT molecular complexity index is 305. The van der Waals surface area contributed by atoms with Crippen molar-refractivity contribution in [2.45, 2.75) is 37.5 Å². The van der Waals surface area contributed by atoms with E-state index in [9.17, 15) is 22.4 Å². The highest BCUT2D eigenvalue weighted by atomic mass is 19.3. The fraction of sp³-hybridized carbons (Fsp3) is 0.889. The fourth-order valence-electron chi connectivity index (χ4n) is 2.71. The lowest BCUT2D eigenvalue weighted by Gasteiger charge is -2.53. The molecule has 0 aromatic carbocycles. The summed E-state index contributed by atoms with van der Waals surface area (Å²) < 4.78 is 53.4. The van der Waals surface area contributed by atoms with Crippen LogP contribution in [-0.2, 0) is 4.79 Å². The Hall–Kier alpha value is -0.810. The number of carboxylic acid groups (broad SMARTS) is 1. The van der Waals surface area contributed by atoms with Gasteiger partial charge in [-0.1, -0.05) is 0 Å². The van der Waals surface area contributed by atoms with Crippen LogP contribution in [0.3, 0.4) is 0 Å². The third-order valence-corrected chi connectivity index (χ3v) is 3.78. The fourth-order valence-corrected chi connectivity index (χ4v) is 2.71. The first kappa shape index (κ1) is 10.7. The summed E-state index contributed by atoms with van der Waals surface area (Å²) in [4.78, 5) is 10.8. The molecule has 0 unspecified atom stereocenters. The lowest BCUT2D eigenvalue weighted by atomic mass is 9.56. The van der Waals surface area contributed by atoms with Crippen molar-refractivity contribution in [3.63, 3.8) is 0 Å². The summed E-state index contributed by atoms with van der Waals surface area (Å²) in [5, 5.41) is 8.77. The maximum Gasteiger partial charge on any atom is 0.326 e. The molecule has 0 saturated heterocycles. The molecule has 0 spiro atoms. The van der Waals surface area contributed by atoms with Crippen LogP contribution in [0.4, 0.5) is 17.6 Å². The van der Waals surface area contributed by atoms with Crippen LogP contribution in [0.25, 0.3) is 0 Å². The van der Waals surface area contributed by atoms with Crippen molar-refractivity contribution in [3.8, 4) is 0 Å². The molecular weight excluding hydrogens is 216 g/mol. The molecule has 3 fully saturated rings. The van der Waals surface area contributed by atoms with Crippen molar-refractivity contribution in [1.29, 1.82) is 0 Å². The molecule has 0 aliphatic heterocycles. The summed E-state index contributed by atoms with van der Waals surface area (Å²) in [5.41, 5.74) is -2.55. The highest BCUT2D eigenvalue weighted by Gasteiger charge is 2.78. The van der Waals surface area contributed by atoms with E-state index >= 15 is 0 Å². The number of alkyl halides is 4. The number of carboxylic acids is 1. The van der Waals surface area contributed by atoms with E-state index in [0.717, 1.165) is 0 Å². The van der Waals surface area contributed by atoms with E-state index in [1.165, 1.54) is 0 Å². The maximum atomic E-state index is 13.5. The van der Waals surface area contributed by atoms with E-state index in [4.69, 9.17) is 5.11 Å². The molecule has 3 aliphatic carbocycles. The van der Waals surface area contributed by atoms with Gasteiger partial charge in [0.2, 0.25) is 0 Å². The summed E-state index contributed by atoms with van der Waals surface area (Å²) in [7, 11) is 0. The van der Waals surface area contributed by atoms with Crippen LogP contribution >= 0.6 is 0 Å². The van der Waals surface area contributed by atoms with E-state index < -0.39 is 29.1 Å². The van der Waals surface area contributed by atoms with Gasteiger partial charge >= 0.3 is 17.8 Å². The van der Waals surface area contributed by atoms with Crippen molar-refractivity contribution >= 4 is 5.97 Å². The number of hydrogen-bond acceptors (Lipinski definition) is 1. The van der Waals surface area contributed by atoms with Crippen molar-refractivity contribution in [3.05, 3.63) is 0 Å². The summed E-state index contributed by atoms with van der Waals surface area (Å²) in [6, 6.07) is 0. The molecule has 0 atom stereocenters. The van der Waals surface area contributed by atoms with Gasteiger partial charge in [0.25, 0.3) is 0 Å². The molecule has 3 saturated carbocycles. The molecule has 6 heteroatoms. The van der Waals surface area contributed by atoms with Gasteiger partial charge in [0, 0.05) is 5.92 Å². The summed E-state index contributed by atoms with van der Waals surface area (Å²) in [5.74, 6) is -11.8. The second kappa shape index (κ2) is 2.65. The number of carbonyl (C=O) groups is 1. The monoisotopic (exact) mass is 226 g/mol. The highest BCUT2D eigenvalue weighted by Crippen LogP contribution is 2.65. The van der Waals surface area contributed by atoms with Crippen molar-refractivity contribution in [2.24, 2.45) is 11.3 Å². The predicted octanol–water partition coefficient (Wildman–Crippen LogP) is 2.53. The van der Waals surface area contributed by atoms with Crippen LogP contribution in [0.5, 0.6) is 0 Å². The summed E-state index contributed by atoms with van der Waals surface area (Å²) in [6.45, 7) is 0. The number of aliphatic carboxylic acids is 1. The highest BCUT2D eigenvalue weighted by molar-refractivity contribution is 5.77. The third kappa shape index (κ3) is 0.973. The smallest absolute Gasteiger partial charge is 0.326 e. The molecule has 0 aromatic rings. The van der Waals surface area contributed by atoms with Gasteiger partial charge in [0.1, 0.15) is 5.41 Å². The van der Waals surface area contributed by atoms with Crippen LogP contribution in [0.2, 0.25) is 0 Å². The Kier molecular flexibility index (Phi) is 1.89. The number of rotatable bonds is 1. The average molecular weight is 226 g/mol. The van der Waals surface area contributed by atoms with E-state index in [1.807, 2.05) is 0 Å². The Morgan fingerprint density at radius 2 is 1.60 bits per heavy atom. The minimum Gasteiger partial charge on any atom is -0.481 e. The van der Waals surface area contributed by atoms with E-state index in [0.29, 0.717) is 0 Å². The van der Waals surface area contributed by atoms with Gasteiger partial charge in [-0.15, -0.1) is 0 Å². The lowest BCUT2D eigenvalue weighted by Crippen LogP contribution is -2.67. The summed E-state index contributed by atoms with van der Waals surface area (Å²) in [6.07, 6.45) is -0.963. The van der Waals surface area contributed by atoms with Gasteiger partial charge in [-0.3, -0.25) is 4.79 Å². The Labute approximate surface area is 83.3 Å². The molecule has 3 aliphatic rings. The zero-order valence-corrected chi connectivity index (χ0v) is 7.77. The molecule has 2 nitrogen and oxygen atoms in total. The standard InChI is InChI=1S/C9H10F4O2/c10-8(11)5-1-3-7(4-2-5,6(14)15)9(8,12)13/h5H,1-4H2,(H,14,15). The number of hydrogen-bond donors (Lipinski definition) is 1. The minimum atomic E-state index is -4.42. The average Bonchev–Trinajstić information content (AvgIpc) is 2.14. The van der Waals surface area contributed by atoms with Crippen LogP contribution in [0, 0.1) is 11.3 Å². The first-order chi connectivity index (χ1) is 6.76. The van der Waals surface area contributed by atoms with E-state index in [1.54, 1.807) is 0 Å². The second-order valence-corrected chi connectivity index (χ2v) is 4.36. The SMILES string of the molecule is O=C(O)C12CCC(CC1)C(F)(F)C2(F)F. The van der Waals surface area contributed by atoms with Gasteiger partial charge in [-0.05, 0) is 25.7 Å². The van der Waals surface area contributed by atoms with Crippen LogP contribution in [0.1, 0.15) is 25.7 Å². The molecule has 1 N–H and O–H groups in total. The Morgan fingerprint density at radius 3 is 1.93 bits per heavy atom. The normalized spacial score (nSPS) is 41.5. The summed E-state index contributed by atoms with van der Waals surface area (Å²) >= 11 is 0. The number of halogens is 4. The molecule has 0 amide bonds. The Balaban J connectivity index is 2.52. The van der Waals surface area contributed by atoms with Gasteiger partial charge in [0.05, 0.1) is 0 Å². The molecule has 0 aromatic heterocycles. The molecular formula is C9H10F4O2. The first-order valence-electron chi connectivity index (χ1n) is 4.75. The third-order valence-electron chi connectivity index (χ3n) is 3.78. The maximum absolute atomic E-state index is 13.5. The van der Waals surface area contributed by atoms with Gasteiger partial charge in [0.15, 0.2) is 0 Å². The molecule has 3 rings (SSSR count). The Morgan fingerprint density at radius 1 is 1.13 bits per heavy atom. The lowest BCUT2D eigenvalue weighted by molar-refractivity contribution is -0.330. The van der Waals surface area contributed by atoms with Gasteiger partial charge in [-0.25, -0.2) is 0 Å². The zero-order chi connectivity index (χ0) is 11.5. The van der Waals surface area contributed by atoms with Crippen LogP contribution in [-0.4, -0.2) is 22.9 Å². The van der Waals surface area contributed by atoms with Crippen molar-refractivity contribution in [2.75, 3.05) is 0 Å². The van der Waals surface area contributed by atoms with Crippen molar-refractivity contribution in [1.82, 2.24) is 0 Å². The number of fused-ring (bicyclic) bond motifs is 3. The van der Waals surface area contributed by atoms with E-state index in [-0.39, 0.29) is 25.7 Å². The quantitative estimate of drug-likeness (QED) is 0.697. The first-order valence-corrected chi connectivity index (χ1v) is 4.75. The molecule has 0 radical (unpaired) electrons.